The van der Waals surface area contributed by atoms with Gasteiger partial charge in [-0.3, -0.25) is 10.1 Å². The Labute approximate surface area is 166 Å². The minimum atomic E-state index is -0.934. The number of carbonyl (C=O) groups excluding carboxylic acids is 1. The van der Waals surface area contributed by atoms with Gasteiger partial charge in [0.05, 0.1) is 12.8 Å². The van der Waals surface area contributed by atoms with Crippen molar-refractivity contribution in [1.29, 1.82) is 0 Å². The van der Waals surface area contributed by atoms with Gasteiger partial charge in [0, 0.05) is 11.8 Å². The van der Waals surface area contributed by atoms with Crippen LogP contribution in [0.15, 0.2) is 42.6 Å². The summed E-state index contributed by atoms with van der Waals surface area (Å²) in [6.45, 7) is 0. The van der Waals surface area contributed by atoms with Crippen molar-refractivity contribution in [2.75, 3.05) is 12.4 Å². The summed E-state index contributed by atoms with van der Waals surface area (Å²) < 4.78 is 33.0. The van der Waals surface area contributed by atoms with E-state index in [4.69, 9.17) is 4.74 Å². The second kappa shape index (κ2) is 7.95. The van der Waals surface area contributed by atoms with Crippen molar-refractivity contribution in [3.8, 4) is 16.9 Å². The number of fused-ring (bicyclic) bond motifs is 3. The number of aromatic nitrogens is 2. The Balaban J connectivity index is 1.68. The highest BCUT2D eigenvalue weighted by atomic mass is 19.1. The fraction of sp³-hybridized carbons (Fsp3) is 0.227. The molecule has 5 nitrogen and oxygen atoms in total. The summed E-state index contributed by atoms with van der Waals surface area (Å²) >= 11 is 0. The summed E-state index contributed by atoms with van der Waals surface area (Å²) in [7, 11) is 1.63. The SMILES string of the molecule is COc1ccc2c(c1)CCCCc1nc(NC(=O)c3c(F)cccc3F)ncc1-2. The Morgan fingerprint density at radius 2 is 1.83 bits per heavy atom. The average Bonchev–Trinajstić information content (AvgIpc) is 2.69. The van der Waals surface area contributed by atoms with E-state index in [-0.39, 0.29) is 5.95 Å². The van der Waals surface area contributed by atoms with E-state index in [1.807, 2.05) is 18.2 Å². The highest BCUT2D eigenvalue weighted by Gasteiger charge is 2.20. The largest absolute Gasteiger partial charge is 0.497 e. The number of anilines is 1. The van der Waals surface area contributed by atoms with Gasteiger partial charge < -0.3 is 4.74 Å². The molecular formula is C22H19F2N3O2. The molecule has 0 radical (unpaired) electrons. The molecule has 4 rings (SSSR count). The predicted octanol–water partition coefficient (Wildman–Crippen LogP) is 4.56. The summed E-state index contributed by atoms with van der Waals surface area (Å²) in [6, 6.07) is 9.15. The van der Waals surface area contributed by atoms with Crippen molar-refractivity contribution < 1.29 is 18.3 Å². The van der Waals surface area contributed by atoms with E-state index in [2.05, 4.69) is 15.3 Å². The monoisotopic (exact) mass is 395 g/mol. The number of carbonyl (C=O) groups is 1. The molecule has 0 unspecified atom stereocenters. The maximum atomic E-state index is 13.9. The third kappa shape index (κ3) is 3.81. The molecule has 0 saturated carbocycles. The molecule has 3 aromatic rings. The molecule has 1 aliphatic carbocycles. The van der Waals surface area contributed by atoms with E-state index in [1.165, 1.54) is 6.07 Å². The molecule has 1 amide bonds. The number of methoxy groups -OCH3 is 1. The van der Waals surface area contributed by atoms with E-state index in [9.17, 15) is 13.6 Å². The molecular weight excluding hydrogens is 376 g/mol. The van der Waals surface area contributed by atoms with Crippen LogP contribution in [0.5, 0.6) is 5.75 Å². The molecule has 0 aliphatic heterocycles. The second-order valence-corrected chi connectivity index (χ2v) is 6.83. The Bertz CT molecular complexity index is 1070. The van der Waals surface area contributed by atoms with E-state index >= 15 is 0 Å². The molecule has 1 N–H and O–H groups in total. The van der Waals surface area contributed by atoms with E-state index in [0.717, 1.165) is 65.9 Å². The number of halogens is 2. The fourth-order valence-corrected chi connectivity index (χ4v) is 3.55. The molecule has 0 atom stereocenters. The zero-order chi connectivity index (χ0) is 20.4. The average molecular weight is 395 g/mol. The molecule has 0 fully saturated rings. The second-order valence-electron chi connectivity index (χ2n) is 6.83. The molecule has 29 heavy (non-hydrogen) atoms. The van der Waals surface area contributed by atoms with Gasteiger partial charge in [-0.25, -0.2) is 18.7 Å². The number of ether oxygens (including phenoxy) is 1. The lowest BCUT2D eigenvalue weighted by Gasteiger charge is -2.18. The van der Waals surface area contributed by atoms with Crippen molar-refractivity contribution in [1.82, 2.24) is 9.97 Å². The number of hydrogen-bond donors (Lipinski definition) is 1. The number of aryl methyl sites for hydroxylation is 2. The van der Waals surface area contributed by atoms with Crippen LogP contribution in [0.4, 0.5) is 14.7 Å². The number of amides is 1. The molecule has 2 aromatic carbocycles. The Kier molecular flexibility index (Phi) is 5.20. The summed E-state index contributed by atoms with van der Waals surface area (Å²) in [5.41, 5.74) is 3.20. The highest BCUT2D eigenvalue weighted by molar-refractivity contribution is 6.03. The van der Waals surface area contributed by atoms with Gasteiger partial charge >= 0.3 is 0 Å². The summed E-state index contributed by atoms with van der Waals surface area (Å²) in [5.74, 6) is -1.97. The first-order valence-corrected chi connectivity index (χ1v) is 9.35. The normalized spacial score (nSPS) is 12.9. The molecule has 0 bridgehead atoms. The standard InChI is InChI=1S/C22H19F2N3O2/c1-29-14-9-10-15-13(11-14)5-2-3-8-19-16(15)12-25-22(26-19)27-21(28)20-17(23)6-4-7-18(20)24/h4,6-7,9-12H,2-3,5,8H2,1H3,(H,25,26,27,28). The van der Waals surface area contributed by atoms with Gasteiger partial charge in [-0.05, 0) is 61.1 Å². The first-order chi connectivity index (χ1) is 14.1. The van der Waals surface area contributed by atoms with Gasteiger partial charge in [0.15, 0.2) is 0 Å². The van der Waals surface area contributed by atoms with E-state index in [0.29, 0.717) is 0 Å². The van der Waals surface area contributed by atoms with Gasteiger partial charge in [0.1, 0.15) is 22.9 Å². The summed E-state index contributed by atoms with van der Waals surface area (Å²) in [5, 5.41) is 2.41. The topological polar surface area (TPSA) is 64.1 Å². The molecule has 0 spiro atoms. The predicted molar refractivity (Wildman–Crippen MR) is 105 cm³/mol. The van der Waals surface area contributed by atoms with Gasteiger partial charge in [-0.2, -0.15) is 0 Å². The third-order valence-electron chi connectivity index (χ3n) is 5.00. The maximum Gasteiger partial charge on any atom is 0.263 e. The van der Waals surface area contributed by atoms with Gasteiger partial charge in [-0.15, -0.1) is 0 Å². The molecule has 1 heterocycles. The lowest BCUT2D eigenvalue weighted by Crippen LogP contribution is -2.18. The molecule has 148 valence electrons. The molecule has 0 saturated heterocycles. The fourth-order valence-electron chi connectivity index (χ4n) is 3.55. The number of hydrogen-bond acceptors (Lipinski definition) is 4. The van der Waals surface area contributed by atoms with Crippen LogP contribution in [-0.4, -0.2) is 23.0 Å². The van der Waals surface area contributed by atoms with Crippen LogP contribution in [0.1, 0.15) is 34.5 Å². The zero-order valence-electron chi connectivity index (χ0n) is 15.8. The lowest BCUT2D eigenvalue weighted by atomic mass is 9.91. The van der Waals surface area contributed by atoms with Crippen molar-refractivity contribution >= 4 is 11.9 Å². The zero-order valence-corrected chi connectivity index (χ0v) is 15.8. The van der Waals surface area contributed by atoms with Crippen LogP contribution in [0.25, 0.3) is 11.1 Å². The highest BCUT2D eigenvalue weighted by Crippen LogP contribution is 2.33. The molecule has 1 aromatic heterocycles. The van der Waals surface area contributed by atoms with Crippen molar-refractivity contribution in [2.24, 2.45) is 0 Å². The molecule has 1 aliphatic rings. The Morgan fingerprint density at radius 1 is 1.07 bits per heavy atom. The van der Waals surface area contributed by atoms with E-state index < -0.39 is 23.1 Å². The van der Waals surface area contributed by atoms with Crippen LogP contribution in [0.2, 0.25) is 0 Å². The first-order valence-electron chi connectivity index (χ1n) is 9.35. The van der Waals surface area contributed by atoms with Crippen LogP contribution in [0, 0.1) is 11.6 Å². The van der Waals surface area contributed by atoms with Gasteiger partial charge in [-0.1, -0.05) is 12.1 Å². The molecule has 7 heteroatoms. The van der Waals surface area contributed by atoms with Gasteiger partial charge in [0.25, 0.3) is 5.91 Å². The van der Waals surface area contributed by atoms with Crippen LogP contribution >= 0.6 is 0 Å². The number of benzene rings is 2. The minimum Gasteiger partial charge on any atom is -0.497 e. The van der Waals surface area contributed by atoms with Crippen molar-refractivity contribution in [2.45, 2.75) is 25.7 Å². The third-order valence-corrected chi connectivity index (χ3v) is 5.00. The lowest BCUT2D eigenvalue weighted by molar-refractivity contribution is 0.101. The number of nitrogens with zero attached hydrogens (tertiary/aromatic N) is 2. The smallest absolute Gasteiger partial charge is 0.263 e. The Hall–Kier alpha value is -3.35. The quantitative estimate of drug-likeness (QED) is 0.706. The van der Waals surface area contributed by atoms with Crippen LogP contribution in [-0.2, 0) is 12.8 Å². The van der Waals surface area contributed by atoms with Crippen molar-refractivity contribution in [3.05, 3.63) is 71.1 Å². The first kappa shape index (κ1) is 19.0. The number of nitrogens with one attached hydrogen (secondary N) is 1. The van der Waals surface area contributed by atoms with Crippen molar-refractivity contribution in [3.63, 3.8) is 0 Å². The maximum absolute atomic E-state index is 13.9. The Morgan fingerprint density at radius 3 is 2.59 bits per heavy atom. The minimum absolute atomic E-state index is 0.0204. The van der Waals surface area contributed by atoms with Crippen LogP contribution in [0.3, 0.4) is 0 Å². The number of rotatable bonds is 3. The van der Waals surface area contributed by atoms with Crippen LogP contribution < -0.4 is 10.1 Å². The van der Waals surface area contributed by atoms with Gasteiger partial charge in [0.2, 0.25) is 5.95 Å². The van der Waals surface area contributed by atoms with E-state index in [1.54, 1.807) is 13.3 Å². The summed E-state index contributed by atoms with van der Waals surface area (Å²) in [6.07, 6.45) is 5.21. The summed E-state index contributed by atoms with van der Waals surface area (Å²) in [4.78, 5) is 21.0.